The summed E-state index contributed by atoms with van der Waals surface area (Å²) >= 11 is 0. The third-order valence-corrected chi connectivity index (χ3v) is 5.86. The van der Waals surface area contributed by atoms with Crippen molar-refractivity contribution in [1.82, 2.24) is 9.78 Å². The lowest BCUT2D eigenvalue weighted by Gasteiger charge is -2.32. The highest BCUT2D eigenvalue weighted by molar-refractivity contribution is 5.93. The molecule has 3 aromatic rings. The van der Waals surface area contributed by atoms with E-state index in [1.54, 1.807) is 38.5 Å². The Kier molecular flexibility index (Phi) is 6.30. The highest BCUT2D eigenvalue weighted by Crippen LogP contribution is 2.27. The van der Waals surface area contributed by atoms with Gasteiger partial charge in [-0.05, 0) is 24.8 Å². The number of nitrogens with zero attached hydrogens (tertiary/aromatic N) is 3. The molecule has 1 saturated heterocycles. The van der Waals surface area contributed by atoms with Crippen LogP contribution < -0.4 is 25.2 Å². The summed E-state index contributed by atoms with van der Waals surface area (Å²) in [4.78, 5) is 28.1. The summed E-state index contributed by atoms with van der Waals surface area (Å²) in [7, 11) is 3.09. The molecule has 1 N–H and O–H groups in total. The van der Waals surface area contributed by atoms with Gasteiger partial charge in [0.25, 0.3) is 5.56 Å². The number of carbonyl (C=O) groups excluding carboxylic acids is 1. The van der Waals surface area contributed by atoms with Crippen LogP contribution in [-0.2, 0) is 11.3 Å². The Bertz CT molecular complexity index is 1160. The topological polar surface area (TPSA) is 85.7 Å². The molecule has 4 rings (SSSR count). The van der Waals surface area contributed by atoms with Gasteiger partial charge in [-0.25, -0.2) is 4.68 Å². The molecule has 32 heavy (non-hydrogen) atoms. The van der Waals surface area contributed by atoms with Crippen LogP contribution in [0, 0.1) is 5.92 Å². The molecule has 0 bridgehead atoms. The molecule has 2 heterocycles. The second-order valence-corrected chi connectivity index (χ2v) is 8.15. The molecule has 1 aliphatic heterocycles. The van der Waals surface area contributed by atoms with Gasteiger partial charge in [0.05, 0.1) is 19.6 Å². The van der Waals surface area contributed by atoms with Crippen LogP contribution in [0.25, 0.3) is 10.8 Å². The van der Waals surface area contributed by atoms with Crippen LogP contribution in [0.2, 0.25) is 0 Å². The monoisotopic (exact) mass is 436 g/mol. The molecule has 8 nitrogen and oxygen atoms in total. The van der Waals surface area contributed by atoms with Crippen LogP contribution >= 0.6 is 0 Å². The Labute approximate surface area is 186 Å². The van der Waals surface area contributed by atoms with Crippen molar-refractivity contribution in [2.45, 2.75) is 26.3 Å². The number of benzene rings is 2. The van der Waals surface area contributed by atoms with Crippen LogP contribution in [0.3, 0.4) is 0 Å². The number of hydrogen-bond donors (Lipinski definition) is 1. The molecule has 0 aliphatic carbocycles. The summed E-state index contributed by atoms with van der Waals surface area (Å²) in [6.07, 6.45) is 2.15. The lowest BCUT2D eigenvalue weighted by molar-refractivity contribution is -0.117. The standard InChI is InChI=1S/C24H28N4O4/c1-16-8-10-27(11-9-16)23-20-6-4-5-7-21(20)24(30)28(26-23)15-22(29)25-17-12-18(31-2)14-19(13-17)32-3/h4-7,12-14,16H,8-11,15H2,1-3H3,(H,25,29). The molecule has 168 valence electrons. The van der Waals surface area contributed by atoms with Crippen molar-refractivity contribution in [3.05, 3.63) is 52.8 Å². The highest BCUT2D eigenvalue weighted by atomic mass is 16.5. The van der Waals surface area contributed by atoms with Crippen LogP contribution in [-0.4, -0.2) is 43.0 Å². The van der Waals surface area contributed by atoms with Gasteiger partial charge in [0.1, 0.15) is 18.0 Å². The van der Waals surface area contributed by atoms with Crippen LogP contribution in [0.4, 0.5) is 11.5 Å². The lowest BCUT2D eigenvalue weighted by atomic mass is 9.99. The van der Waals surface area contributed by atoms with Gasteiger partial charge >= 0.3 is 0 Å². The smallest absolute Gasteiger partial charge is 0.275 e. The van der Waals surface area contributed by atoms with E-state index in [0.29, 0.717) is 28.5 Å². The molecule has 0 unspecified atom stereocenters. The molecule has 1 fully saturated rings. The summed E-state index contributed by atoms with van der Waals surface area (Å²) in [5, 5.41) is 8.81. The van der Waals surface area contributed by atoms with Crippen molar-refractivity contribution in [2.24, 2.45) is 5.92 Å². The van der Waals surface area contributed by atoms with Crippen molar-refractivity contribution in [2.75, 3.05) is 37.5 Å². The normalized spacial score (nSPS) is 14.4. The molecular formula is C24H28N4O4. The Balaban J connectivity index is 1.64. The molecular weight excluding hydrogens is 408 g/mol. The van der Waals surface area contributed by atoms with Gasteiger partial charge in [0, 0.05) is 42.4 Å². The number of ether oxygens (including phenoxy) is 2. The van der Waals surface area contributed by atoms with Crippen LogP contribution in [0.5, 0.6) is 11.5 Å². The Hall–Kier alpha value is -3.55. The maximum atomic E-state index is 13.1. The van der Waals surface area contributed by atoms with E-state index in [2.05, 4.69) is 22.2 Å². The number of hydrogen-bond acceptors (Lipinski definition) is 6. The van der Waals surface area contributed by atoms with E-state index >= 15 is 0 Å². The van der Waals surface area contributed by atoms with Gasteiger partial charge in [-0.3, -0.25) is 9.59 Å². The predicted molar refractivity (Wildman–Crippen MR) is 125 cm³/mol. The first-order chi connectivity index (χ1) is 15.5. The molecule has 0 radical (unpaired) electrons. The van der Waals surface area contributed by atoms with Gasteiger partial charge in [-0.1, -0.05) is 25.1 Å². The number of amides is 1. The van der Waals surface area contributed by atoms with Gasteiger partial charge in [-0.2, -0.15) is 5.10 Å². The minimum absolute atomic E-state index is 0.194. The number of rotatable bonds is 6. The fourth-order valence-corrected chi connectivity index (χ4v) is 3.99. The average Bonchev–Trinajstić information content (AvgIpc) is 2.81. The van der Waals surface area contributed by atoms with Crippen LogP contribution in [0.15, 0.2) is 47.3 Å². The summed E-state index contributed by atoms with van der Waals surface area (Å²) in [6, 6.07) is 12.6. The molecule has 1 aromatic heterocycles. The van der Waals surface area contributed by atoms with Gasteiger partial charge in [0.15, 0.2) is 5.82 Å². The van der Waals surface area contributed by atoms with Gasteiger partial charge < -0.3 is 19.7 Å². The fraction of sp³-hybridized carbons (Fsp3) is 0.375. The first-order valence-electron chi connectivity index (χ1n) is 10.8. The average molecular weight is 437 g/mol. The predicted octanol–water partition coefficient (Wildman–Crippen LogP) is 3.29. The second kappa shape index (κ2) is 9.30. The van der Waals surface area contributed by atoms with E-state index in [0.717, 1.165) is 37.1 Å². The SMILES string of the molecule is COc1cc(NC(=O)Cn2nc(N3CCC(C)CC3)c3ccccc3c2=O)cc(OC)c1. The number of methoxy groups -OCH3 is 2. The zero-order valence-corrected chi connectivity index (χ0v) is 18.6. The summed E-state index contributed by atoms with van der Waals surface area (Å²) in [6.45, 7) is 3.82. The largest absolute Gasteiger partial charge is 0.497 e. The summed E-state index contributed by atoms with van der Waals surface area (Å²) < 4.78 is 11.8. The van der Waals surface area contributed by atoms with Crippen molar-refractivity contribution < 1.29 is 14.3 Å². The molecule has 0 spiro atoms. The molecule has 2 aromatic carbocycles. The van der Waals surface area contributed by atoms with Gasteiger partial charge in [-0.15, -0.1) is 0 Å². The minimum atomic E-state index is -0.358. The van der Waals surface area contributed by atoms with E-state index in [-0.39, 0.29) is 18.0 Å². The maximum Gasteiger partial charge on any atom is 0.275 e. The highest BCUT2D eigenvalue weighted by Gasteiger charge is 2.21. The zero-order valence-electron chi connectivity index (χ0n) is 18.6. The Morgan fingerprint density at radius 1 is 1.06 bits per heavy atom. The quantitative estimate of drug-likeness (QED) is 0.638. The third-order valence-electron chi connectivity index (χ3n) is 5.86. The minimum Gasteiger partial charge on any atom is -0.497 e. The first kappa shape index (κ1) is 21.7. The number of piperidine rings is 1. The van der Waals surface area contributed by atoms with E-state index in [1.807, 2.05) is 18.2 Å². The molecule has 0 atom stereocenters. The van der Waals surface area contributed by atoms with Crippen molar-refractivity contribution in [3.63, 3.8) is 0 Å². The zero-order chi connectivity index (χ0) is 22.7. The number of carbonyl (C=O) groups is 1. The lowest BCUT2D eigenvalue weighted by Crippen LogP contribution is -2.37. The number of fused-ring (bicyclic) bond motifs is 1. The third kappa shape index (κ3) is 4.54. The molecule has 1 aliphatic rings. The Morgan fingerprint density at radius 2 is 1.69 bits per heavy atom. The second-order valence-electron chi connectivity index (χ2n) is 8.15. The van der Waals surface area contributed by atoms with Crippen molar-refractivity contribution in [1.29, 1.82) is 0 Å². The molecule has 0 saturated carbocycles. The summed E-state index contributed by atoms with van der Waals surface area (Å²) in [5.74, 6) is 2.19. The van der Waals surface area contributed by atoms with E-state index in [1.165, 1.54) is 4.68 Å². The van der Waals surface area contributed by atoms with Crippen molar-refractivity contribution >= 4 is 28.2 Å². The van der Waals surface area contributed by atoms with Crippen LogP contribution in [0.1, 0.15) is 19.8 Å². The number of anilines is 2. The molecule has 8 heteroatoms. The van der Waals surface area contributed by atoms with E-state index in [9.17, 15) is 9.59 Å². The first-order valence-corrected chi connectivity index (χ1v) is 10.8. The number of nitrogens with one attached hydrogen (secondary N) is 1. The number of aromatic nitrogens is 2. The molecule has 1 amide bonds. The van der Waals surface area contributed by atoms with Crippen molar-refractivity contribution in [3.8, 4) is 11.5 Å². The maximum absolute atomic E-state index is 13.1. The van der Waals surface area contributed by atoms with E-state index < -0.39 is 0 Å². The Morgan fingerprint density at radius 3 is 2.31 bits per heavy atom. The summed E-state index contributed by atoms with van der Waals surface area (Å²) in [5.41, 5.74) is 0.235. The van der Waals surface area contributed by atoms with E-state index in [4.69, 9.17) is 9.47 Å². The van der Waals surface area contributed by atoms with Gasteiger partial charge in [0.2, 0.25) is 5.91 Å². The fourth-order valence-electron chi connectivity index (χ4n) is 3.99.